The summed E-state index contributed by atoms with van der Waals surface area (Å²) in [6.07, 6.45) is 1.48. The Balaban J connectivity index is 2.77. The maximum Gasteiger partial charge on any atom is 0.337 e. The van der Waals surface area contributed by atoms with E-state index in [-0.39, 0.29) is 0 Å². The summed E-state index contributed by atoms with van der Waals surface area (Å²) in [5, 5.41) is 0. The Kier molecular flexibility index (Phi) is 1.92. The highest BCUT2D eigenvalue weighted by Crippen LogP contribution is 2.25. The van der Waals surface area contributed by atoms with Gasteiger partial charge in [-0.1, -0.05) is 0 Å². The van der Waals surface area contributed by atoms with Crippen LogP contribution >= 0.6 is 0 Å². The average molecular weight is 170 g/mol. The van der Waals surface area contributed by atoms with E-state index in [1.54, 1.807) is 6.92 Å². The van der Waals surface area contributed by atoms with Crippen LogP contribution in [0.3, 0.4) is 0 Å². The smallest absolute Gasteiger partial charge is 0.337 e. The fourth-order valence-corrected chi connectivity index (χ4v) is 1.08. The van der Waals surface area contributed by atoms with Crippen LogP contribution in [-0.4, -0.2) is 17.7 Å². The lowest BCUT2D eigenvalue weighted by molar-refractivity contribution is -0.196. The van der Waals surface area contributed by atoms with Crippen molar-refractivity contribution in [2.24, 2.45) is 0 Å². The zero-order valence-electron chi connectivity index (χ0n) is 7.21. The molecule has 0 saturated heterocycles. The van der Waals surface area contributed by atoms with Crippen molar-refractivity contribution in [3.05, 3.63) is 11.6 Å². The number of hydrogen-bond donors (Lipinski definition) is 0. The largest absolute Gasteiger partial charge is 0.419 e. The molecule has 1 unspecified atom stereocenters. The number of esters is 2. The Morgan fingerprint density at radius 1 is 1.67 bits per heavy atom. The summed E-state index contributed by atoms with van der Waals surface area (Å²) in [6.45, 7) is 4.39. The predicted molar refractivity (Wildman–Crippen MR) is 40.0 cm³/mol. The van der Waals surface area contributed by atoms with Crippen LogP contribution in [0.5, 0.6) is 0 Å². The number of rotatable bonds is 1. The third kappa shape index (κ3) is 1.64. The summed E-state index contributed by atoms with van der Waals surface area (Å²) in [7, 11) is 0. The molecule has 0 aromatic rings. The van der Waals surface area contributed by atoms with E-state index in [0.717, 1.165) is 0 Å². The number of ether oxygens (including phenoxy) is 2. The zero-order chi connectivity index (χ0) is 9.35. The normalized spacial score (nSPS) is 27.9. The Morgan fingerprint density at radius 3 is 2.58 bits per heavy atom. The van der Waals surface area contributed by atoms with E-state index in [1.807, 2.05) is 0 Å². The topological polar surface area (TPSA) is 52.6 Å². The minimum absolute atomic E-state index is 0.446. The van der Waals surface area contributed by atoms with Crippen LogP contribution in [0.2, 0.25) is 0 Å². The van der Waals surface area contributed by atoms with E-state index in [0.29, 0.717) is 5.57 Å². The van der Waals surface area contributed by atoms with Crippen molar-refractivity contribution in [3.63, 3.8) is 0 Å². The van der Waals surface area contributed by atoms with E-state index in [2.05, 4.69) is 0 Å². The second-order valence-corrected chi connectivity index (χ2v) is 2.83. The minimum atomic E-state index is -1.20. The van der Waals surface area contributed by atoms with Gasteiger partial charge < -0.3 is 9.47 Å². The molecule has 1 aliphatic heterocycles. The van der Waals surface area contributed by atoms with Crippen LogP contribution in [0.15, 0.2) is 11.6 Å². The van der Waals surface area contributed by atoms with Gasteiger partial charge in [0.2, 0.25) is 0 Å². The highest BCUT2D eigenvalue weighted by Gasteiger charge is 2.36. The molecular formula is C8H10O4. The summed E-state index contributed by atoms with van der Waals surface area (Å²) in [6, 6.07) is 0. The molecule has 0 saturated carbocycles. The highest BCUT2D eigenvalue weighted by molar-refractivity contribution is 5.90. The monoisotopic (exact) mass is 170 g/mol. The number of carbonyl (C=O) groups is 2. The fraction of sp³-hybridized carbons (Fsp3) is 0.500. The second kappa shape index (κ2) is 2.62. The average Bonchev–Trinajstić information content (AvgIpc) is 2.04. The van der Waals surface area contributed by atoms with Gasteiger partial charge in [-0.15, -0.1) is 0 Å². The van der Waals surface area contributed by atoms with Gasteiger partial charge in [0, 0.05) is 25.5 Å². The number of hydrogen-bond acceptors (Lipinski definition) is 4. The van der Waals surface area contributed by atoms with Crippen LogP contribution in [0, 0.1) is 0 Å². The van der Waals surface area contributed by atoms with E-state index in [4.69, 9.17) is 9.47 Å². The Hall–Kier alpha value is -1.32. The quantitative estimate of drug-likeness (QED) is 0.545. The fourth-order valence-electron chi connectivity index (χ4n) is 1.08. The van der Waals surface area contributed by atoms with Crippen molar-refractivity contribution in [2.45, 2.75) is 26.6 Å². The van der Waals surface area contributed by atoms with Gasteiger partial charge >= 0.3 is 11.9 Å². The molecular weight excluding hydrogens is 160 g/mol. The molecule has 1 aliphatic rings. The molecule has 0 aliphatic carbocycles. The maximum absolute atomic E-state index is 10.9. The van der Waals surface area contributed by atoms with Crippen LogP contribution in [0.1, 0.15) is 20.8 Å². The van der Waals surface area contributed by atoms with Gasteiger partial charge in [0.1, 0.15) is 0 Å². The first-order valence-corrected chi connectivity index (χ1v) is 3.55. The summed E-state index contributed by atoms with van der Waals surface area (Å²) >= 11 is 0. The Bertz CT molecular complexity index is 266. The lowest BCUT2D eigenvalue weighted by Crippen LogP contribution is -2.29. The maximum atomic E-state index is 10.9. The van der Waals surface area contributed by atoms with Gasteiger partial charge in [-0.05, 0) is 6.92 Å². The van der Waals surface area contributed by atoms with Crippen molar-refractivity contribution in [3.8, 4) is 0 Å². The van der Waals surface area contributed by atoms with Crippen molar-refractivity contribution < 1.29 is 19.1 Å². The molecule has 66 valence electrons. The molecule has 1 atom stereocenters. The van der Waals surface area contributed by atoms with Crippen molar-refractivity contribution in [2.75, 3.05) is 0 Å². The van der Waals surface area contributed by atoms with Crippen molar-refractivity contribution in [1.82, 2.24) is 0 Å². The minimum Gasteiger partial charge on any atom is -0.419 e. The van der Waals surface area contributed by atoms with E-state index in [9.17, 15) is 9.59 Å². The Labute approximate surface area is 70.1 Å². The number of carbonyl (C=O) groups excluding carboxylic acids is 2. The van der Waals surface area contributed by atoms with Crippen LogP contribution in [-0.2, 0) is 19.1 Å². The summed E-state index contributed by atoms with van der Waals surface area (Å²) in [4.78, 5) is 21.5. The van der Waals surface area contributed by atoms with Crippen molar-refractivity contribution in [1.29, 1.82) is 0 Å². The molecule has 0 aromatic carbocycles. The Morgan fingerprint density at radius 2 is 2.25 bits per heavy atom. The lowest BCUT2D eigenvalue weighted by Gasteiger charge is -2.19. The molecule has 0 radical (unpaired) electrons. The van der Waals surface area contributed by atoms with Crippen LogP contribution < -0.4 is 0 Å². The van der Waals surface area contributed by atoms with E-state index >= 15 is 0 Å². The van der Waals surface area contributed by atoms with E-state index < -0.39 is 17.7 Å². The molecule has 0 fully saturated rings. The van der Waals surface area contributed by atoms with Gasteiger partial charge in [0.15, 0.2) is 0 Å². The van der Waals surface area contributed by atoms with Crippen molar-refractivity contribution >= 4 is 11.9 Å². The first kappa shape index (κ1) is 8.77. The predicted octanol–water partition coefficient (Wildman–Crippen LogP) is 0.769. The van der Waals surface area contributed by atoms with Crippen LogP contribution in [0.25, 0.3) is 0 Å². The van der Waals surface area contributed by atoms with Gasteiger partial charge in [0.05, 0.1) is 0 Å². The number of cyclic esters (lactones) is 1. The standard InChI is InChI=1S/C8H10O4/c1-5-4-8(3,11-6(2)9)12-7(5)10/h4H,1-3H3. The molecule has 0 amide bonds. The summed E-state index contributed by atoms with van der Waals surface area (Å²) in [5.74, 6) is -2.12. The third-order valence-corrected chi connectivity index (χ3v) is 1.44. The molecule has 0 N–H and O–H groups in total. The molecule has 0 spiro atoms. The molecule has 12 heavy (non-hydrogen) atoms. The lowest BCUT2D eigenvalue weighted by atomic mass is 10.2. The zero-order valence-corrected chi connectivity index (χ0v) is 7.21. The van der Waals surface area contributed by atoms with Gasteiger partial charge in [-0.3, -0.25) is 4.79 Å². The first-order valence-electron chi connectivity index (χ1n) is 3.55. The SMILES string of the molecule is CC(=O)OC1(C)C=C(C)C(=O)O1. The molecule has 1 rings (SSSR count). The van der Waals surface area contributed by atoms with Crippen LogP contribution in [0.4, 0.5) is 0 Å². The van der Waals surface area contributed by atoms with E-state index in [1.165, 1.54) is 19.9 Å². The molecule has 0 aromatic heterocycles. The third-order valence-electron chi connectivity index (χ3n) is 1.44. The summed E-state index contributed by atoms with van der Waals surface area (Å²) in [5.41, 5.74) is 0.457. The molecule has 4 heteroatoms. The van der Waals surface area contributed by atoms with Gasteiger partial charge in [0.25, 0.3) is 5.79 Å². The molecule has 4 nitrogen and oxygen atoms in total. The summed E-state index contributed by atoms with van der Waals surface area (Å²) < 4.78 is 9.58. The molecule has 0 bridgehead atoms. The van der Waals surface area contributed by atoms with Gasteiger partial charge in [-0.2, -0.15) is 0 Å². The second-order valence-electron chi connectivity index (χ2n) is 2.83. The molecule has 1 heterocycles. The first-order chi connectivity index (χ1) is 5.43. The highest BCUT2D eigenvalue weighted by atomic mass is 16.7. The van der Waals surface area contributed by atoms with Gasteiger partial charge in [-0.25, -0.2) is 4.79 Å².